The van der Waals surface area contributed by atoms with Gasteiger partial charge in [-0.1, -0.05) is 0 Å². The predicted molar refractivity (Wildman–Crippen MR) is 61.1 cm³/mol. The van der Waals surface area contributed by atoms with Crippen LogP contribution >= 0.6 is 0 Å². The van der Waals surface area contributed by atoms with Gasteiger partial charge in [0.25, 0.3) is 0 Å². The smallest absolute Gasteiger partial charge is 0.331 e. The van der Waals surface area contributed by atoms with Crippen molar-refractivity contribution >= 4 is 12.0 Å². The van der Waals surface area contributed by atoms with E-state index >= 15 is 0 Å². The number of aliphatic imine (C=N–C) groups is 1. The van der Waals surface area contributed by atoms with Crippen LogP contribution in [0.5, 0.6) is 0 Å². The monoisotopic (exact) mass is 234 g/mol. The van der Waals surface area contributed by atoms with Gasteiger partial charge in [0.15, 0.2) is 6.04 Å². The van der Waals surface area contributed by atoms with Crippen LogP contribution in [-0.4, -0.2) is 29.7 Å². The Morgan fingerprint density at radius 2 is 2.24 bits per heavy atom. The maximum Gasteiger partial charge on any atom is 0.331 e. The Balaban J connectivity index is 2.56. The molecule has 0 bridgehead atoms. The number of carbonyl (C=O) groups is 1. The number of esters is 1. The molecule has 0 N–H and O–H groups in total. The Labute approximate surface area is 99.5 Å². The fourth-order valence-corrected chi connectivity index (χ4v) is 1.39. The fourth-order valence-electron chi connectivity index (χ4n) is 1.39. The van der Waals surface area contributed by atoms with Crippen LogP contribution in [0.3, 0.4) is 0 Å². The topological polar surface area (TPSA) is 68.6 Å². The molecule has 1 unspecified atom stereocenters. The van der Waals surface area contributed by atoms with Crippen molar-refractivity contribution in [1.29, 1.82) is 0 Å². The zero-order valence-electron chi connectivity index (χ0n) is 9.63. The molecule has 1 heterocycles. The summed E-state index contributed by atoms with van der Waals surface area (Å²) in [7, 11) is 0. The lowest BCUT2D eigenvalue weighted by Gasteiger charge is -2.09. The van der Waals surface area contributed by atoms with Crippen molar-refractivity contribution in [3.05, 3.63) is 30.1 Å². The van der Waals surface area contributed by atoms with Crippen LogP contribution in [0.2, 0.25) is 0 Å². The van der Waals surface area contributed by atoms with Gasteiger partial charge < -0.3 is 4.74 Å². The first-order valence-corrected chi connectivity index (χ1v) is 5.40. The van der Waals surface area contributed by atoms with E-state index in [1.165, 1.54) is 6.08 Å². The number of nitrogens with zero attached hydrogens (tertiary/aromatic N) is 2. The Hall–Kier alpha value is -2.00. The van der Waals surface area contributed by atoms with Gasteiger partial charge in [0, 0.05) is 12.4 Å². The van der Waals surface area contributed by atoms with Gasteiger partial charge >= 0.3 is 5.97 Å². The molecule has 5 nitrogen and oxygen atoms in total. The number of hydrogen-bond acceptors (Lipinski definition) is 5. The summed E-state index contributed by atoms with van der Waals surface area (Å²) >= 11 is 0. The van der Waals surface area contributed by atoms with Crippen LogP contribution in [0.1, 0.15) is 18.9 Å². The van der Waals surface area contributed by atoms with E-state index in [-0.39, 0.29) is 6.61 Å². The maximum atomic E-state index is 11.4. The summed E-state index contributed by atoms with van der Waals surface area (Å²) in [6.45, 7) is 1.99. The van der Waals surface area contributed by atoms with Gasteiger partial charge in [0.2, 0.25) is 6.08 Å². The van der Waals surface area contributed by atoms with Crippen molar-refractivity contribution in [2.45, 2.75) is 25.8 Å². The molecule has 0 fully saturated rings. The molecule has 5 heteroatoms. The van der Waals surface area contributed by atoms with Gasteiger partial charge in [0.1, 0.15) is 0 Å². The summed E-state index contributed by atoms with van der Waals surface area (Å²) in [6, 6.07) is 2.94. The van der Waals surface area contributed by atoms with E-state index in [1.807, 2.05) is 12.1 Å². The van der Waals surface area contributed by atoms with Gasteiger partial charge in [0.05, 0.1) is 6.61 Å². The Kier molecular flexibility index (Phi) is 5.61. The van der Waals surface area contributed by atoms with E-state index in [9.17, 15) is 9.59 Å². The van der Waals surface area contributed by atoms with E-state index in [1.54, 1.807) is 19.3 Å². The number of hydrogen-bond donors (Lipinski definition) is 0. The van der Waals surface area contributed by atoms with Gasteiger partial charge in [-0.25, -0.2) is 9.59 Å². The van der Waals surface area contributed by atoms with Crippen LogP contribution in [0.4, 0.5) is 0 Å². The molecule has 0 radical (unpaired) electrons. The number of aryl methyl sites for hydroxylation is 1. The number of ether oxygens (including phenoxy) is 1. The minimum Gasteiger partial charge on any atom is -0.464 e. The van der Waals surface area contributed by atoms with Crippen molar-refractivity contribution in [3.63, 3.8) is 0 Å². The molecule has 17 heavy (non-hydrogen) atoms. The zero-order valence-corrected chi connectivity index (χ0v) is 9.63. The summed E-state index contributed by atoms with van der Waals surface area (Å²) in [5.74, 6) is -0.482. The molecule has 1 atom stereocenters. The second kappa shape index (κ2) is 7.30. The van der Waals surface area contributed by atoms with Crippen molar-refractivity contribution < 1.29 is 14.3 Å². The average Bonchev–Trinajstić information content (AvgIpc) is 2.36. The largest absolute Gasteiger partial charge is 0.464 e. The van der Waals surface area contributed by atoms with Crippen LogP contribution in [0, 0.1) is 0 Å². The number of pyridine rings is 1. The molecule has 0 aliphatic rings. The van der Waals surface area contributed by atoms with Crippen molar-refractivity contribution in [2.24, 2.45) is 4.99 Å². The summed E-state index contributed by atoms with van der Waals surface area (Å²) in [4.78, 5) is 29.0. The zero-order chi connectivity index (χ0) is 12.5. The van der Waals surface area contributed by atoms with Crippen LogP contribution < -0.4 is 0 Å². The van der Waals surface area contributed by atoms with E-state index in [0.717, 1.165) is 5.56 Å². The quantitative estimate of drug-likeness (QED) is 0.422. The van der Waals surface area contributed by atoms with Crippen LogP contribution in [0.25, 0.3) is 0 Å². The highest BCUT2D eigenvalue weighted by atomic mass is 16.5. The third kappa shape index (κ3) is 4.57. The predicted octanol–water partition coefficient (Wildman–Crippen LogP) is 1.28. The van der Waals surface area contributed by atoms with E-state index in [0.29, 0.717) is 12.8 Å². The number of aromatic nitrogens is 1. The second-order valence-corrected chi connectivity index (χ2v) is 3.38. The molecular weight excluding hydrogens is 220 g/mol. The first kappa shape index (κ1) is 13.1. The third-order valence-corrected chi connectivity index (χ3v) is 2.22. The molecule has 0 saturated heterocycles. The summed E-state index contributed by atoms with van der Waals surface area (Å²) in [6.07, 6.45) is 5.83. The minimum atomic E-state index is -0.763. The van der Waals surface area contributed by atoms with Crippen molar-refractivity contribution in [3.8, 4) is 0 Å². The van der Waals surface area contributed by atoms with E-state index in [2.05, 4.69) is 9.98 Å². The van der Waals surface area contributed by atoms with E-state index < -0.39 is 12.0 Å². The fraction of sp³-hybridized carbons (Fsp3) is 0.417. The summed E-state index contributed by atoms with van der Waals surface area (Å²) in [5.41, 5.74) is 1.04. The third-order valence-electron chi connectivity index (χ3n) is 2.22. The highest BCUT2D eigenvalue weighted by molar-refractivity contribution is 5.76. The maximum absolute atomic E-state index is 11.4. The van der Waals surface area contributed by atoms with Crippen LogP contribution in [-0.2, 0) is 20.7 Å². The van der Waals surface area contributed by atoms with Crippen molar-refractivity contribution in [2.75, 3.05) is 6.61 Å². The highest BCUT2D eigenvalue weighted by Crippen LogP contribution is 2.07. The normalized spacial score (nSPS) is 11.4. The van der Waals surface area contributed by atoms with Gasteiger partial charge in [-0.2, -0.15) is 4.99 Å². The molecule has 90 valence electrons. The lowest BCUT2D eigenvalue weighted by atomic mass is 10.1. The molecule has 0 aliphatic heterocycles. The summed E-state index contributed by atoms with van der Waals surface area (Å²) < 4.78 is 4.82. The molecule has 0 amide bonds. The van der Waals surface area contributed by atoms with Crippen LogP contribution in [0.15, 0.2) is 29.5 Å². The molecule has 0 aliphatic carbocycles. The van der Waals surface area contributed by atoms with Gasteiger partial charge in [-0.05, 0) is 37.5 Å². The Morgan fingerprint density at radius 1 is 1.53 bits per heavy atom. The molecular formula is C12H14N2O3. The lowest BCUT2D eigenvalue weighted by Crippen LogP contribution is -2.22. The van der Waals surface area contributed by atoms with Gasteiger partial charge in [-0.3, -0.25) is 4.98 Å². The second-order valence-electron chi connectivity index (χ2n) is 3.38. The minimum absolute atomic E-state index is 0.277. The molecule has 0 spiro atoms. The SMILES string of the molecule is CCOC(=O)C(CCc1ccncc1)N=C=O. The molecule has 1 aromatic heterocycles. The molecule has 0 saturated carbocycles. The van der Waals surface area contributed by atoms with Crippen molar-refractivity contribution in [1.82, 2.24) is 4.98 Å². The first-order chi connectivity index (χ1) is 8.27. The van der Waals surface area contributed by atoms with Gasteiger partial charge in [-0.15, -0.1) is 0 Å². The first-order valence-electron chi connectivity index (χ1n) is 5.40. The molecule has 0 aromatic carbocycles. The highest BCUT2D eigenvalue weighted by Gasteiger charge is 2.18. The summed E-state index contributed by atoms with van der Waals surface area (Å²) in [5, 5.41) is 0. The average molecular weight is 234 g/mol. The molecule has 1 aromatic rings. The Morgan fingerprint density at radius 3 is 2.82 bits per heavy atom. The number of isocyanates is 1. The number of rotatable bonds is 6. The van der Waals surface area contributed by atoms with E-state index in [4.69, 9.17) is 4.74 Å². The number of carbonyl (C=O) groups excluding carboxylic acids is 2. The Bertz CT molecular complexity index is 399. The standard InChI is InChI=1S/C12H14N2O3/c1-2-17-12(16)11(14-9-15)4-3-10-5-7-13-8-6-10/h5-8,11H,2-4H2,1H3. The lowest BCUT2D eigenvalue weighted by molar-refractivity contribution is -0.144. The molecule has 1 rings (SSSR count).